The molecule has 144 valence electrons. The van der Waals surface area contributed by atoms with Crippen molar-refractivity contribution in [3.8, 4) is 0 Å². The van der Waals surface area contributed by atoms with Gasteiger partial charge in [0.1, 0.15) is 5.82 Å². The Hall–Kier alpha value is -3.67. The molecule has 1 aliphatic heterocycles. The Morgan fingerprint density at radius 1 is 0.724 bits per heavy atom. The predicted octanol–water partition coefficient (Wildman–Crippen LogP) is 4.62. The van der Waals surface area contributed by atoms with Crippen LogP contribution in [0.15, 0.2) is 72.8 Å². The van der Waals surface area contributed by atoms with Gasteiger partial charge in [0.2, 0.25) is 0 Å². The largest absolute Gasteiger partial charge is 0.368 e. The average molecular weight is 384 g/mol. The van der Waals surface area contributed by atoms with Gasteiger partial charge < -0.3 is 9.80 Å². The highest BCUT2D eigenvalue weighted by Gasteiger charge is 2.21. The molecule has 4 aromatic rings. The minimum absolute atomic E-state index is 0.124. The first-order valence-corrected chi connectivity index (χ1v) is 9.72. The van der Waals surface area contributed by atoms with E-state index in [4.69, 9.17) is 4.98 Å². The van der Waals surface area contributed by atoms with Crippen LogP contribution in [0.1, 0.15) is 0 Å². The monoisotopic (exact) mass is 384 g/mol. The molecule has 0 radical (unpaired) electrons. The van der Waals surface area contributed by atoms with Crippen molar-refractivity contribution in [2.45, 2.75) is 0 Å². The highest BCUT2D eigenvalue weighted by Crippen LogP contribution is 2.32. The van der Waals surface area contributed by atoms with Crippen LogP contribution < -0.4 is 9.80 Å². The standard InChI is InChI=1S/C23H20N4O2/c28-27(29)18-11-9-17(10-12-18)25-13-15-26(16-14-25)23-21-7-2-1-5-19(21)20-6-3-4-8-22(20)24-23/h1-12H,13-16H2. The quantitative estimate of drug-likeness (QED) is 0.293. The summed E-state index contributed by atoms with van der Waals surface area (Å²) in [6.45, 7) is 3.40. The summed E-state index contributed by atoms with van der Waals surface area (Å²) in [5.41, 5.74) is 2.16. The number of benzene rings is 3. The molecule has 0 bridgehead atoms. The highest BCUT2D eigenvalue weighted by molar-refractivity contribution is 6.10. The molecule has 1 aromatic heterocycles. The van der Waals surface area contributed by atoms with Crippen molar-refractivity contribution in [1.82, 2.24) is 4.98 Å². The molecular weight excluding hydrogens is 364 g/mol. The molecule has 6 nitrogen and oxygen atoms in total. The topological polar surface area (TPSA) is 62.5 Å². The Bertz CT molecular complexity index is 1200. The fraction of sp³-hybridized carbons (Fsp3) is 0.174. The van der Waals surface area contributed by atoms with E-state index >= 15 is 0 Å². The number of aromatic nitrogens is 1. The molecule has 1 aliphatic rings. The molecule has 0 atom stereocenters. The number of para-hydroxylation sites is 1. The number of nitrogens with zero attached hydrogens (tertiary/aromatic N) is 4. The third-order valence-electron chi connectivity index (χ3n) is 5.59. The lowest BCUT2D eigenvalue weighted by Gasteiger charge is -2.37. The van der Waals surface area contributed by atoms with E-state index in [-0.39, 0.29) is 10.6 Å². The first-order valence-electron chi connectivity index (χ1n) is 9.72. The van der Waals surface area contributed by atoms with Gasteiger partial charge in [0.05, 0.1) is 10.4 Å². The lowest BCUT2D eigenvalue weighted by molar-refractivity contribution is -0.384. The number of pyridine rings is 1. The minimum atomic E-state index is -0.363. The first kappa shape index (κ1) is 17.4. The number of anilines is 2. The lowest BCUT2D eigenvalue weighted by Crippen LogP contribution is -2.46. The molecule has 0 amide bonds. The summed E-state index contributed by atoms with van der Waals surface area (Å²) >= 11 is 0. The maximum absolute atomic E-state index is 10.9. The summed E-state index contributed by atoms with van der Waals surface area (Å²) in [6.07, 6.45) is 0. The second kappa shape index (κ2) is 7.05. The Labute approximate surface area is 168 Å². The summed E-state index contributed by atoms with van der Waals surface area (Å²) in [4.78, 5) is 20.1. The van der Waals surface area contributed by atoms with Crippen LogP contribution in [0.25, 0.3) is 21.7 Å². The van der Waals surface area contributed by atoms with Crippen molar-refractivity contribution < 1.29 is 4.92 Å². The zero-order chi connectivity index (χ0) is 19.8. The second-order valence-corrected chi connectivity index (χ2v) is 7.25. The molecule has 0 N–H and O–H groups in total. The van der Waals surface area contributed by atoms with Gasteiger partial charge in [-0.25, -0.2) is 4.98 Å². The van der Waals surface area contributed by atoms with Gasteiger partial charge in [-0.3, -0.25) is 10.1 Å². The summed E-state index contributed by atoms with van der Waals surface area (Å²) in [5.74, 6) is 1.03. The fourth-order valence-electron chi connectivity index (χ4n) is 4.09. The van der Waals surface area contributed by atoms with Gasteiger partial charge in [-0.15, -0.1) is 0 Å². The van der Waals surface area contributed by atoms with Gasteiger partial charge in [-0.2, -0.15) is 0 Å². The van der Waals surface area contributed by atoms with Gasteiger partial charge in [0.25, 0.3) is 5.69 Å². The fourth-order valence-corrected chi connectivity index (χ4v) is 4.09. The van der Waals surface area contributed by atoms with Crippen LogP contribution in [0.4, 0.5) is 17.2 Å². The lowest BCUT2D eigenvalue weighted by atomic mass is 10.1. The van der Waals surface area contributed by atoms with Crippen LogP contribution in [0.2, 0.25) is 0 Å². The van der Waals surface area contributed by atoms with Crippen molar-refractivity contribution in [2.75, 3.05) is 36.0 Å². The normalized spacial score (nSPS) is 14.5. The van der Waals surface area contributed by atoms with Gasteiger partial charge >= 0.3 is 0 Å². The number of rotatable bonds is 3. The third-order valence-corrected chi connectivity index (χ3v) is 5.59. The van der Waals surface area contributed by atoms with Gasteiger partial charge in [0.15, 0.2) is 0 Å². The average Bonchev–Trinajstić information content (AvgIpc) is 2.79. The van der Waals surface area contributed by atoms with Crippen LogP contribution in [0.3, 0.4) is 0 Å². The van der Waals surface area contributed by atoms with Gasteiger partial charge in [0, 0.05) is 54.8 Å². The van der Waals surface area contributed by atoms with Gasteiger partial charge in [-0.05, 0) is 23.6 Å². The van der Waals surface area contributed by atoms with E-state index in [0.29, 0.717) is 0 Å². The molecule has 0 spiro atoms. The van der Waals surface area contributed by atoms with Crippen LogP contribution >= 0.6 is 0 Å². The molecule has 0 saturated carbocycles. The van der Waals surface area contributed by atoms with Crippen LogP contribution in [-0.4, -0.2) is 36.1 Å². The third kappa shape index (κ3) is 3.12. The molecule has 2 heterocycles. The summed E-state index contributed by atoms with van der Waals surface area (Å²) < 4.78 is 0. The summed E-state index contributed by atoms with van der Waals surface area (Å²) in [5, 5.41) is 14.4. The van der Waals surface area contributed by atoms with E-state index < -0.39 is 0 Å². The molecule has 0 aliphatic carbocycles. The number of nitro groups is 1. The summed E-state index contributed by atoms with van der Waals surface area (Å²) in [6, 6.07) is 23.5. The molecule has 6 heteroatoms. The maximum Gasteiger partial charge on any atom is 0.269 e. The number of hydrogen-bond donors (Lipinski definition) is 0. The Morgan fingerprint density at radius 2 is 1.31 bits per heavy atom. The van der Waals surface area contributed by atoms with Crippen LogP contribution in [0.5, 0.6) is 0 Å². The Kier molecular flexibility index (Phi) is 4.24. The molecule has 5 rings (SSSR count). The van der Waals surface area contributed by atoms with Crippen molar-refractivity contribution in [2.24, 2.45) is 0 Å². The Balaban J connectivity index is 1.43. The van der Waals surface area contributed by atoms with Crippen LogP contribution in [0, 0.1) is 10.1 Å². The second-order valence-electron chi connectivity index (χ2n) is 7.25. The molecule has 1 fully saturated rings. The Morgan fingerprint density at radius 3 is 2.00 bits per heavy atom. The zero-order valence-electron chi connectivity index (χ0n) is 15.9. The number of nitro benzene ring substituents is 1. The minimum Gasteiger partial charge on any atom is -0.368 e. The van der Waals surface area contributed by atoms with Gasteiger partial charge in [-0.1, -0.05) is 42.5 Å². The van der Waals surface area contributed by atoms with E-state index in [1.807, 2.05) is 18.2 Å². The summed E-state index contributed by atoms with van der Waals surface area (Å²) in [7, 11) is 0. The number of non-ortho nitro benzene ring substituents is 1. The molecular formula is C23H20N4O2. The molecule has 3 aromatic carbocycles. The highest BCUT2D eigenvalue weighted by atomic mass is 16.6. The van der Waals surface area contributed by atoms with E-state index in [1.54, 1.807) is 12.1 Å². The number of fused-ring (bicyclic) bond motifs is 3. The molecule has 29 heavy (non-hydrogen) atoms. The zero-order valence-corrected chi connectivity index (χ0v) is 15.9. The number of piperazine rings is 1. The molecule has 1 saturated heterocycles. The van der Waals surface area contributed by atoms with Crippen molar-refractivity contribution in [3.05, 3.63) is 82.9 Å². The van der Waals surface area contributed by atoms with Crippen molar-refractivity contribution >= 4 is 38.9 Å². The van der Waals surface area contributed by atoms with E-state index in [2.05, 4.69) is 52.3 Å². The van der Waals surface area contributed by atoms with E-state index in [1.165, 1.54) is 16.2 Å². The predicted molar refractivity (Wildman–Crippen MR) is 117 cm³/mol. The van der Waals surface area contributed by atoms with Crippen molar-refractivity contribution in [3.63, 3.8) is 0 Å². The maximum atomic E-state index is 10.9. The number of hydrogen-bond acceptors (Lipinski definition) is 5. The van der Waals surface area contributed by atoms with E-state index in [9.17, 15) is 10.1 Å². The molecule has 0 unspecified atom stereocenters. The SMILES string of the molecule is O=[N+]([O-])c1ccc(N2CCN(c3nc4ccccc4c4ccccc34)CC2)cc1. The van der Waals surface area contributed by atoms with Crippen LogP contribution in [-0.2, 0) is 0 Å². The first-order chi connectivity index (χ1) is 14.2. The van der Waals surface area contributed by atoms with E-state index in [0.717, 1.165) is 43.2 Å². The van der Waals surface area contributed by atoms with Crippen molar-refractivity contribution in [1.29, 1.82) is 0 Å². The smallest absolute Gasteiger partial charge is 0.269 e.